The van der Waals surface area contributed by atoms with Crippen molar-refractivity contribution in [2.45, 2.75) is 40.2 Å². The number of methoxy groups -OCH3 is 1. The Morgan fingerprint density at radius 1 is 1.06 bits per heavy atom. The molecule has 0 saturated carbocycles. The van der Waals surface area contributed by atoms with Crippen molar-refractivity contribution in [1.29, 1.82) is 0 Å². The number of carbonyl (C=O) groups is 2. The molecule has 1 amide bonds. The van der Waals surface area contributed by atoms with Crippen LogP contribution in [0.15, 0.2) is 42.0 Å². The van der Waals surface area contributed by atoms with Gasteiger partial charge in [-0.05, 0) is 80.9 Å². The molecule has 2 aromatic rings. The van der Waals surface area contributed by atoms with Gasteiger partial charge in [-0.3, -0.25) is 9.59 Å². The zero-order valence-corrected chi connectivity index (χ0v) is 20.6. The van der Waals surface area contributed by atoms with Gasteiger partial charge in [0.05, 0.1) is 24.3 Å². The summed E-state index contributed by atoms with van der Waals surface area (Å²) in [7, 11) is 1.57. The fourth-order valence-corrected chi connectivity index (χ4v) is 4.38. The topological polar surface area (TPSA) is 90.3 Å². The number of Topliss-reactive ketones (excluding diaryl/α,β-unsaturated/α-hetero) is 1. The van der Waals surface area contributed by atoms with Gasteiger partial charge in [-0.15, -0.1) is 0 Å². The molecule has 0 spiro atoms. The van der Waals surface area contributed by atoms with E-state index in [1.165, 1.54) is 4.90 Å². The third kappa shape index (κ3) is 4.94. The molecule has 2 aromatic carbocycles. The van der Waals surface area contributed by atoms with E-state index in [9.17, 15) is 19.8 Å². The van der Waals surface area contributed by atoms with Crippen LogP contribution >= 0.6 is 0 Å². The van der Waals surface area contributed by atoms with Crippen LogP contribution in [0.2, 0.25) is 0 Å². The number of likely N-dealkylation sites (tertiary alicyclic amines) is 1. The Kier molecular flexibility index (Phi) is 7.99. The molecule has 0 aromatic heterocycles. The molecule has 0 bridgehead atoms. The lowest BCUT2D eigenvalue weighted by atomic mass is 9.93. The molecular weight excluding hydrogens is 432 g/mol. The average Bonchev–Trinajstić information content (AvgIpc) is 3.08. The minimum absolute atomic E-state index is 0.0171. The lowest BCUT2D eigenvalue weighted by Crippen LogP contribution is -2.33. The van der Waals surface area contributed by atoms with Crippen molar-refractivity contribution in [3.63, 3.8) is 0 Å². The summed E-state index contributed by atoms with van der Waals surface area (Å²) in [6, 6.07) is 9.54. The van der Waals surface area contributed by atoms with Crippen molar-refractivity contribution in [3.05, 3.63) is 64.2 Å². The Morgan fingerprint density at radius 2 is 1.68 bits per heavy atom. The van der Waals surface area contributed by atoms with E-state index in [0.29, 0.717) is 24.3 Å². The molecule has 182 valence electrons. The Balaban J connectivity index is 2.09. The van der Waals surface area contributed by atoms with E-state index in [2.05, 4.69) is 18.7 Å². The van der Waals surface area contributed by atoms with Crippen LogP contribution < -0.4 is 4.74 Å². The summed E-state index contributed by atoms with van der Waals surface area (Å²) in [6.07, 6.45) is 0.691. The molecule has 34 heavy (non-hydrogen) atoms. The summed E-state index contributed by atoms with van der Waals surface area (Å²) in [6.45, 7) is 10.9. The quantitative estimate of drug-likeness (QED) is 0.328. The minimum atomic E-state index is -0.761. The molecule has 7 heteroatoms. The van der Waals surface area contributed by atoms with Crippen LogP contribution in [-0.2, 0) is 9.59 Å². The summed E-state index contributed by atoms with van der Waals surface area (Å²) in [5.41, 5.74) is 2.53. The van der Waals surface area contributed by atoms with Gasteiger partial charge in [0.1, 0.15) is 17.3 Å². The third-order valence-corrected chi connectivity index (χ3v) is 6.61. The van der Waals surface area contributed by atoms with Crippen molar-refractivity contribution in [3.8, 4) is 11.5 Å². The van der Waals surface area contributed by atoms with Crippen LogP contribution in [0.5, 0.6) is 11.5 Å². The van der Waals surface area contributed by atoms with Crippen molar-refractivity contribution in [2.24, 2.45) is 0 Å². The van der Waals surface area contributed by atoms with E-state index in [0.717, 1.165) is 30.8 Å². The first-order valence-electron chi connectivity index (χ1n) is 11.7. The second-order valence-electron chi connectivity index (χ2n) is 8.60. The lowest BCUT2D eigenvalue weighted by Gasteiger charge is -2.27. The number of hydrogen-bond donors (Lipinski definition) is 2. The lowest BCUT2D eigenvalue weighted by molar-refractivity contribution is -0.140. The summed E-state index contributed by atoms with van der Waals surface area (Å²) < 4.78 is 5.25. The monoisotopic (exact) mass is 466 g/mol. The molecule has 1 fully saturated rings. The molecule has 2 N–H and O–H groups in total. The predicted molar refractivity (Wildman–Crippen MR) is 132 cm³/mol. The normalized spacial score (nSPS) is 17.6. The van der Waals surface area contributed by atoms with Gasteiger partial charge in [-0.1, -0.05) is 26.0 Å². The largest absolute Gasteiger partial charge is 0.507 e. The highest BCUT2D eigenvalue weighted by molar-refractivity contribution is 6.46. The molecule has 1 atom stereocenters. The number of aryl methyl sites for hydroxylation is 2. The highest BCUT2D eigenvalue weighted by atomic mass is 16.5. The molecule has 0 unspecified atom stereocenters. The van der Waals surface area contributed by atoms with Gasteiger partial charge in [0, 0.05) is 6.54 Å². The number of nitrogens with zero attached hydrogens (tertiary/aromatic N) is 2. The van der Waals surface area contributed by atoms with Crippen molar-refractivity contribution in [1.82, 2.24) is 9.80 Å². The number of benzene rings is 2. The molecule has 1 heterocycles. The standard InChI is InChI=1S/C27H34N2O5/c1-6-28(7-2)13-8-14-29-24(19-9-11-20(34-5)12-10-19)23(26(32)27(29)33)25(31)21-15-17(3)18(4)16-22(21)30/h9-12,15-16,24,30-31H,6-8,13-14H2,1-5H3/t24-/m0/s1. The number of amides is 1. The minimum Gasteiger partial charge on any atom is -0.507 e. The molecule has 7 nitrogen and oxygen atoms in total. The van der Waals surface area contributed by atoms with E-state index in [1.54, 1.807) is 43.5 Å². The molecule has 0 aliphatic carbocycles. The number of hydrogen-bond acceptors (Lipinski definition) is 6. The number of aliphatic hydroxyl groups excluding tert-OH is 1. The smallest absolute Gasteiger partial charge is 0.295 e. The number of aliphatic hydroxyl groups is 1. The number of phenols is 1. The fourth-order valence-electron chi connectivity index (χ4n) is 4.38. The highest BCUT2D eigenvalue weighted by Gasteiger charge is 2.46. The molecule has 3 rings (SSSR count). The maximum absolute atomic E-state index is 13.2. The molecular formula is C27H34N2O5. The van der Waals surface area contributed by atoms with Crippen LogP contribution in [0.4, 0.5) is 0 Å². The summed E-state index contributed by atoms with van der Waals surface area (Å²) in [5.74, 6) is -1.26. The van der Waals surface area contributed by atoms with E-state index in [4.69, 9.17) is 4.74 Å². The second-order valence-corrected chi connectivity index (χ2v) is 8.60. The van der Waals surface area contributed by atoms with Gasteiger partial charge in [-0.2, -0.15) is 0 Å². The van der Waals surface area contributed by atoms with Crippen LogP contribution in [0.25, 0.3) is 5.76 Å². The summed E-state index contributed by atoms with van der Waals surface area (Å²) in [5, 5.41) is 21.8. The molecule has 1 aliphatic heterocycles. The Bertz CT molecular complexity index is 1090. The summed E-state index contributed by atoms with van der Waals surface area (Å²) in [4.78, 5) is 30.1. The number of ether oxygens (including phenoxy) is 1. The highest BCUT2D eigenvalue weighted by Crippen LogP contribution is 2.41. The van der Waals surface area contributed by atoms with Gasteiger partial charge in [-0.25, -0.2) is 0 Å². The van der Waals surface area contributed by atoms with Crippen LogP contribution in [-0.4, -0.2) is 65.0 Å². The fraction of sp³-hybridized carbons (Fsp3) is 0.407. The van der Waals surface area contributed by atoms with Gasteiger partial charge in [0.25, 0.3) is 11.7 Å². The first kappa shape index (κ1) is 25.3. The zero-order valence-electron chi connectivity index (χ0n) is 20.6. The number of phenolic OH excluding ortho intramolecular Hbond substituents is 1. The van der Waals surface area contributed by atoms with Crippen LogP contribution in [0.1, 0.15) is 48.6 Å². The van der Waals surface area contributed by atoms with Crippen molar-refractivity contribution >= 4 is 17.4 Å². The number of ketones is 1. The van der Waals surface area contributed by atoms with Gasteiger partial charge in [0.15, 0.2) is 0 Å². The first-order valence-corrected chi connectivity index (χ1v) is 11.7. The first-order chi connectivity index (χ1) is 16.2. The van der Waals surface area contributed by atoms with Gasteiger partial charge in [0.2, 0.25) is 0 Å². The van der Waals surface area contributed by atoms with Crippen molar-refractivity contribution in [2.75, 3.05) is 33.3 Å². The number of rotatable bonds is 9. The second kappa shape index (κ2) is 10.7. The maximum atomic E-state index is 13.2. The van der Waals surface area contributed by atoms with Crippen LogP contribution in [0, 0.1) is 13.8 Å². The number of aromatic hydroxyl groups is 1. The molecule has 1 saturated heterocycles. The maximum Gasteiger partial charge on any atom is 0.295 e. The average molecular weight is 467 g/mol. The Morgan fingerprint density at radius 3 is 2.26 bits per heavy atom. The Labute approximate surface area is 201 Å². The predicted octanol–water partition coefficient (Wildman–Crippen LogP) is 4.17. The van der Waals surface area contributed by atoms with Gasteiger partial charge < -0.3 is 24.7 Å². The zero-order chi connectivity index (χ0) is 25.0. The van der Waals surface area contributed by atoms with E-state index >= 15 is 0 Å². The third-order valence-electron chi connectivity index (χ3n) is 6.61. The van der Waals surface area contributed by atoms with E-state index < -0.39 is 17.7 Å². The molecule has 1 aliphatic rings. The summed E-state index contributed by atoms with van der Waals surface area (Å²) >= 11 is 0. The van der Waals surface area contributed by atoms with Crippen LogP contribution in [0.3, 0.4) is 0 Å². The van der Waals surface area contributed by atoms with Gasteiger partial charge >= 0.3 is 0 Å². The van der Waals surface area contributed by atoms with E-state index in [1.807, 2.05) is 13.8 Å². The van der Waals surface area contributed by atoms with E-state index in [-0.39, 0.29) is 22.6 Å². The number of carbonyl (C=O) groups excluding carboxylic acids is 2. The SMILES string of the molecule is CCN(CC)CCCN1C(=O)C(=O)C(=C(O)c2cc(C)c(C)cc2O)[C@@H]1c1ccc(OC)cc1. The molecule has 0 radical (unpaired) electrons. The Hall–Kier alpha value is -3.32. The van der Waals surface area contributed by atoms with Crippen molar-refractivity contribution < 1.29 is 24.5 Å².